The van der Waals surface area contributed by atoms with Crippen LogP contribution in [0.15, 0.2) is 72.1 Å². The Morgan fingerprint density at radius 1 is 1.12 bits per heavy atom. The van der Waals surface area contributed by atoms with Gasteiger partial charge in [0.15, 0.2) is 0 Å². The largest absolute Gasteiger partial charge is 0.306 e. The van der Waals surface area contributed by atoms with Crippen molar-refractivity contribution in [3.8, 4) is 5.69 Å². The molecule has 0 saturated carbocycles. The second-order valence-corrected chi connectivity index (χ2v) is 7.14. The number of rotatable bonds is 6. The summed E-state index contributed by atoms with van der Waals surface area (Å²) >= 11 is 0. The third kappa shape index (κ3) is 3.99. The molecule has 0 radical (unpaired) electrons. The van der Waals surface area contributed by atoms with Crippen molar-refractivity contribution in [1.29, 1.82) is 0 Å². The van der Waals surface area contributed by atoms with Gasteiger partial charge in [0, 0.05) is 52.6 Å². The Balaban J connectivity index is 1.60. The first-order valence-electron chi connectivity index (χ1n) is 7.87. The smallest absolute Gasteiger partial charge is 0.0991 e. The van der Waals surface area contributed by atoms with Gasteiger partial charge in [0.25, 0.3) is 0 Å². The van der Waals surface area contributed by atoms with Gasteiger partial charge in [-0.2, -0.15) is 0 Å². The van der Waals surface area contributed by atoms with Crippen molar-refractivity contribution in [2.24, 2.45) is 0 Å². The van der Waals surface area contributed by atoms with Crippen molar-refractivity contribution in [3.63, 3.8) is 0 Å². The van der Waals surface area contributed by atoms with Crippen molar-refractivity contribution >= 4 is 10.8 Å². The molecule has 0 bridgehead atoms. The number of hydrogen-bond donors (Lipinski definition) is 1. The number of benzene rings is 2. The Morgan fingerprint density at radius 2 is 1.83 bits per heavy atom. The maximum Gasteiger partial charge on any atom is 0.0991 e. The van der Waals surface area contributed by atoms with Crippen LogP contribution in [-0.2, 0) is 17.3 Å². The van der Waals surface area contributed by atoms with Crippen LogP contribution in [0.2, 0.25) is 0 Å². The standard InChI is InChI=1S/C19H21N3OS/c1-15(21-13-16-3-9-19(10-4-16)24(2)23)17-5-7-18(8-6-17)22-12-11-20-14-22/h3-12,14-15,21H,13H2,1-2H3. The number of hydrogen-bond acceptors (Lipinski definition) is 3. The molecule has 1 heterocycles. The summed E-state index contributed by atoms with van der Waals surface area (Å²) in [5.74, 6) is 0. The van der Waals surface area contributed by atoms with Crippen LogP contribution in [0.3, 0.4) is 0 Å². The van der Waals surface area contributed by atoms with E-state index in [1.54, 1.807) is 18.8 Å². The van der Waals surface area contributed by atoms with Crippen LogP contribution in [0, 0.1) is 0 Å². The molecular weight excluding hydrogens is 318 g/mol. The summed E-state index contributed by atoms with van der Waals surface area (Å²) in [6.45, 7) is 2.93. The fraction of sp³-hybridized carbons (Fsp3) is 0.211. The fourth-order valence-electron chi connectivity index (χ4n) is 2.53. The zero-order valence-corrected chi connectivity index (χ0v) is 14.7. The highest BCUT2D eigenvalue weighted by atomic mass is 32.2. The molecular formula is C19H21N3OS. The molecule has 2 unspecified atom stereocenters. The third-order valence-corrected chi connectivity index (χ3v) is 5.00. The van der Waals surface area contributed by atoms with Gasteiger partial charge in [-0.05, 0) is 42.3 Å². The van der Waals surface area contributed by atoms with Crippen LogP contribution in [0.1, 0.15) is 24.1 Å². The molecule has 124 valence electrons. The van der Waals surface area contributed by atoms with Crippen LogP contribution in [-0.4, -0.2) is 20.0 Å². The van der Waals surface area contributed by atoms with Gasteiger partial charge >= 0.3 is 0 Å². The minimum atomic E-state index is -0.922. The third-order valence-electron chi connectivity index (χ3n) is 4.06. The minimum absolute atomic E-state index is 0.252. The average molecular weight is 339 g/mol. The summed E-state index contributed by atoms with van der Waals surface area (Å²) < 4.78 is 13.4. The molecule has 0 aliphatic carbocycles. The lowest BCUT2D eigenvalue weighted by Gasteiger charge is -2.15. The van der Waals surface area contributed by atoms with E-state index < -0.39 is 10.8 Å². The molecule has 0 aliphatic rings. The summed E-state index contributed by atoms with van der Waals surface area (Å²) in [4.78, 5) is 4.93. The molecule has 0 aliphatic heterocycles. The molecule has 5 heteroatoms. The molecule has 3 rings (SSSR count). The van der Waals surface area contributed by atoms with Crippen LogP contribution >= 0.6 is 0 Å². The number of aromatic nitrogens is 2. The lowest BCUT2D eigenvalue weighted by Crippen LogP contribution is -2.18. The molecule has 0 amide bonds. The van der Waals surface area contributed by atoms with Crippen LogP contribution < -0.4 is 5.32 Å². The molecule has 3 aromatic rings. The molecule has 4 nitrogen and oxygen atoms in total. The zero-order chi connectivity index (χ0) is 16.9. The van der Waals surface area contributed by atoms with Crippen molar-refractivity contribution in [3.05, 3.63) is 78.4 Å². The lowest BCUT2D eigenvalue weighted by molar-refractivity contribution is 0.574. The molecule has 0 spiro atoms. The summed E-state index contributed by atoms with van der Waals surface area (Å²) in [6, 6.07) is 16.6. The molecule has 1 aromatic heterocycles. The fourth-order valence-corrected chi connectivity index (χ4v) is 3.05. The van der Waals surface area contributed by atoms with E-state index in [9.17, 15) is 4.21 Å². The Labute approximate surface area is 145 Å². The van der Waals surface area contributed by atoms with Gasteiger partial charge in [-0.3, -0.25) is 4.21 Å². The van der Waals surface area contributed by atoms with Gasteiger partial charge < -0.3 is 9.88 Å². The predicted octanol–water partition coefficient (Wildman–Crippen LogP) is 3.46. The van der Waals surface area contributed by atoms with Crippen molar-refractivity contribution < 1.29 is 4.21 Å². The summed E-state index contributed by atoms with van der Waals surface area (Å²) in [7, 11) is -0.922. The highest BCUT2D eigenvalue weighted by Crippen LogP contribution is 2.16. The van der Waals surface area contributed by atoms with Crippen molar-refractivity contribution in [2.45, 2.75) is 24.4 Å². The zero-order valence-electron chi connectivity index (χ0n) is 13.8. The lowest BCUT2D eigenvalue weighted by atomic mass is 10.1. The second-order valence-electron chi connectivity index (χ2n) is 5.76. The van der Waals surface area contributed by atoms with E-state index in [0.29, 0.717) is 0 Å². The van der Waals surface area contributed by atoms with E-state index in [0.717, 1.165) is 17.1 Å². The van der Waals surface area contributed by atoms with Gasteiger partial charge in [-0.25, -0.2) is 4.98 Å². The maximum atomic E-state index is 11.4. The second kappa shape index (κ2) is 7.55. The highest BCUT2D eigenvalue weighted by molar-refractivity contribution is 7.84. The van der Waals surface area contributed by atoms with Gasteiger partial charge in [-0.15, -0.1) is 0 Å². The van der Waals surface area contributed by atoms with E-state index in [-0.39, 0.29) is 6.04 Å². The van der Waals surface area contributed by atoms with E-state index in [4.69, 9.17) is 0 Å². The van der Waals surface area contributed by atoms with Crippen molar-refractivity contribution in [2.75, 3.05) is 6.26 Å². The normalized spacial score (nSPS) is 13.6. The molecule has 0 saturated heterocycles. The Morgan fingerprint density at radius 3 is 2.42 bits per heavy atom. The van der Waals surface area contributed by atoms with E-state index in [2.05, 4.69) is 41.5 Å². The monoisotopic (exact) mass is 339 g/mol. The van der Waals surface area contributed by atoms with E-state index in [1.165, 1.54) is 11.1 Å². The highest BCUT2D eigenvalue weighted by Gasteiger charge is 2.06. The minimum Gasteiger partial charge on any atom is -0.306 e. The molecule has 2 aromatic carbocycles. The maximum absolute atomic E-state index is 11.4. The van der Waals surface area contributed by atoms with E-state index in [1.807, 2.05) is 35.0 Å². The van der Waals surface area contributed by atoms with Gasteiger partial charge in [0.2, 0.25) is 0 Å². The first kappa shape index (κ1) is 16.6. The molecule has 1 N–H and O–H groups in total. The Bertz CT molecular complexity index is 796. The molecule has 24 heavy (non-hydrogen) atoms. The SMILES string of the molecule is CC(NCc1ccc(S(C)=O)cc1)c1ccc(-n2ccnc2)cc1. The topological polar surface area (TPSA) is 46.9 Å². The van der Waals surface area contributed by atoms with Gasteiger partial charge in [0.1, 0.15) is 0 Å². The van der Waals surface area contributed by atoms with E-state index >= 15 is 0 Å². The molecule has 0 fully saturated rings. The number of nitrogens with one attached hydrogen (secondary N) is 1. The summed E-state index contributed by atoms with van der Waals surface area (Å²) in [5, 5.41) is 3.52. The van der Waals surface area contributed by atoms with Crippen LogP contribution in [0.4, 0.5) is 0 Å². The van der Waals surface area contributed by atoms with Crippen LogP contribution in [0.5, 0.6) is 0 Å². The predicted molar refractivity (Wildman–Crippen MR) is 97.6 cm³/mol. The van der Waals surface area contributed by atoms with Gasteiger partial charge in [-0.1, -0.05) is 24.3 Å². The summed E-state index contributed by atoms with van der Waals surface area (Å²) in [5.41, 5.74) is 3.53. The number of imidazole rings is 1. The number of nitrogens with zero attached hydrogens (tertiary/aromatic N) is 2. The summed E-state index contributed by atoms with van der Waals surface area (Å²) in [6.07, 6.45) is 7.20. The van der Waals surface area contributed by atoms with Crippen LogP contribution in [0.25, 0.3) is 5.69 Å². The Hall–Kier alpha value is -2.24. The van der Waals surface area contributed by atoms with Gasteiger partial charge in [0.05, 0.1) is 6.33 Å². The first-order chi connectivity index (χ1) is 11.6. The first-order valence-corrected chi connectivity index (χ1v) is 9.43. The average Bonchev–Trinajstić information content (AvgIpc) is 3.15. The quantitative estimate of drug-likeness (QED) is 0.748. The molecule has 2 atom stereocenters. The Kier molecular flexibility index (Phi) is 5.23. The van der Waals surface area contributed by atoms with Crippen molar-refractivity contribution in [1.82, 2.24) is 14.9 Å².